The van der Waals surface area contributed by atoms with Crippen LogP contribution in [0.25, 0.3) is 28.1 Å². The second kappa shape index (κ2) is 4.02. The lowest BCUT2D eigenvalue weighted by Crippen LogP contribution is -2.19. The van der Waals surface area contributed by atoms with Crippen molar-refractivity contribution in [3.8, 4) is 11.5 Å². The van der Waals surface area contributed by atoms with Gasteiger partial charge in [0.05, 0.1) is 10.9 Å². The van der Waals surface area contributed by atoms with Gasteiger partial charge in [-0.25, -0.2) is 4.98 Å². The summed E-state index contributed by atoms with van der Waals surface area (Å²) in [5, 5.41) is 4.52. The maximum Gasteiger partial charge on any atom is 0.261 e. The maximum absolute atomic E-state index is 12.5. The first-order valence-corrected chi connectivity index (χ1v) is 6.42. The molecule has 0 aliphatic rings. The van der Waals surface area contributed by atoms with E-state index in [4.69, 9.17) is 4.52 Å². The van der Waals surface area contributed by atoms with Crippen molar-refractivity contribution in [1.82, 2.24) is 24.1 Å². The van der Waals surface area contributed by atoms with E-state index in [0.717, 1.165) is 5.52 Å². The molecule has 21 heavy (non-hydrogen) atoms. The molecule has 0 atom stereocenters. The van der Waals surface area contributed by atoms with Crippen LogP contribution in [-0.2, 0) is 7.05 Å². The van der Waals surface area contributed by atoms with Gasteiger partial charge in [-0.3, -0.25) is 13.8 Å². The van der Waals surface area contributed by atoms with Crippen molar-refractivity contribution in [1.29, 1.82) is 0 Å². The van der Waals surface area contributed by atoms with Crippen LogP contribution in [0, 0.1) is 6.92 Å². The third-order valence-electron chi connectivity index (χ3n) is 3.50. The zero-order chi connectivity index (χ0) is 14.6. The van der Waals surface area contributed by atoms with Crippen LogP contribution in [0.2, 0.25) is 0 Å². The van der Waals surface area contributed by atoms with Crippen LogP contribution in [0.5, 0.6) is 0 Å². The molecule has 0 aliphatic heterocycles. The summed E-state index contributed by atoms with van der Waals surface area (Å²) in [6, 6.07) is 7.42. The number of hydrogen-bond donors (Lipinski definition) is 0. The summed E-state index contributed by atoms with van der Waals surface area (Å²) in [4.78, 5) is 21.0. The predicted octanol–water partition coefficient (Wildman–Crippen LogP) is 1.54. The number of aryl methyl sites for hydroxylation is 2. The average Bonchev–Trinajstić information content (AvgIpc) is 3.11. The van der Waals surface area contributed by atoms with Crippen LogP contribution < -0.4 is 5.56 Å². The van der Waals surface area contributed by atoms with Crippen LogP contribution in [-0.4, -0.2) is 24.1 Å². The van der Waals surface area contributed by atoms with Crippen LogP contribution >= 0.6 is 0 Å². The summed E-state index contributed by atoms with van der Waals surface area (Å²) in [6.07, 6.45) is 1.66. The van der Waals surface area contributed by atoms with E-state index in [9.17, 15) is 4.79 Å². The van der Waals surface area contributed by atoms with Gasteiger partial charge in [-0.2, -0.15) is 4.98 Å². The number of hydrogen-bond acceptors (Lipinski definition) is 5. The lowest BCUT2D eigenvalue weighted by molar-refractivity contribution is 0.394. The Balaban J connectivity index is 2.20. The normalized spacial score (nSPS) is 11.5. The SMILES string of the molecule is Cc1nc(-c2ncn3c4ccccc4c(=O)n(C)c23)no1. The minimum Gasteiger partial charge on any atom is -0.339 e. The summed E-state index contributed by atoms with van der Waals surface area (Å²) in [5.41, 5.74) is 1.88. The zero-order valence-electron chi connectivity index (χ0n) is 11.4. The fraction of sp³-hybridized carbons (Fsp3) is 0.143. The molecule has 0 saturated heterocycles. The Morgan fingerprint density at radius 3 is 2.81 bits per heavy atom. The third-order valence-corrected chi connectivity index (χ3v) is 3.50. The van der Waals surface area contributed by atoms with Crippen LogP contribution in [0.3, 0.4) is 0 Å². The number of aromatic nitrogens is 5. The number of fused-ring (bicyclic) bond motifs is 3. The quantitative estimate of drug-likeness (QED) is 0.529. The minimum absolute atomic E-state index is 0.0833. The fourth-order valence-corrected chi connectivity index (χ4v) is 2.53. The molecule has 3 heterocycles. The lowest BCUT2D eigenvalue weighted by Gasteiger charge is -2.07. The van der Waals surface area contributed by atoms with Gasteiger partial charge < -0.3 is 4.52 Å². The Morgan fingerprint density at radius 2 is 2.05 bits per heavy atom. The standard InChI is InChI=1S/C14H11N5O2/c1-8-16-12(17-21-8)11-13-18(2)14(20)9-5-3-4-6-10(9)19(13)7-15-11/h3-7H,1-2H3. The molecule has 0 bridgehead atoms. The number of nitrogens with zero attached hydrogens (tertiary/aromatic N) is 5. The molecule has 0 saturated carbocycles. The lowest BCUT2D eigenvalue weighted by atomic mass is 10.2. The summed E-state index contributed by atoms with van der Waals surface area (Å²) in [6.45, 7) is 1.71. The smallest absolute Gasteiger partial charge is 0.261 e. The molecule has 104 valence electrons. The monoisotopic (exact) mass is 281 g/mol. The summed E-state index contributed by atoms with van der Waals surface area (Å²) < 4.78 is 8.41. The van der Waals surface area contributed by atoms with E-state index in [1.54, 1.807) is 30.9 Å². The van der Waals surface area contributed by atoms with Crippen molar-refractivity contribution in [2.45, 2.75) is 6.92 Å². The van der Waals surface area contributed by atoms with E-state index < -0.39 is 0 Å². The Bertz CT molecular complexity index is 1040. The maximum atomic E-state index is 12.5. The molecule has 7 nitrogen and oxygen atoms in total. The second-order valence-electron chi connectivity index (χ2n) is 4.81. The van der Waals surface area contributed by atoms with E-state index in [0.29, 0.717) is 28.4 Å². The third kappa shape index (κ3) is 1.54. The van der Waals surface area contributed by atoms with E-state index >= 15 is 0 Å². The van der Waals surface area contributed by atoms with Crippen molar-refractivity contribution < 1.29 is 4.52 Å². The molecule has 4 rings (SSSR count). The molecular formula is C14H11N5O2. The highest BCUT2D eigenvalue weighted by atomic mass is 16.5. The molecule has 0 fully saturated rings. The van der Waals surface area contributed by atoms with Crippen molar-refractivity contribution in [2.24, 2.45) is 7.05 Å². The molecule has 0 amide bonds. The molecule has 4 aromatic rings. The molecule has 1 aromatic carbocycles. The summed E-state index contributed by atoms with van der Waals surface area (Å²) >= 11 is 0. The van der Waals surface area contributed by atoms with Gasteiger partial charge in [0.1, 0.15) is 6.33 Å². The largest absolute Gasteiger partial charge is 0.339 e. The summed E-state index contributed by atoms with van der Waals surface area (Å²) in [5.74, 6) is 0.831. The highest BCUT2D eigenvalue weighted by molar-refractivity contribution is 5.83. The minimum atomic E-state index is -0.0833. The summed E-state index contributed by atoms with van der Waals surface area (Å²) in [7, 11) is 1.71. The fourth-order valence-electron chi connectivity index (χ4n) is 2.53. The van der Waals surface area contributed by atoms with Gasteiger partial charge in [-0.15, -0.1) is 0 Å². The van der Waals surface area contributed by atoms with Gasteiger partial charge in [0.2, 0.25) is 11.7 Å². The van der Waals surface area contributed by atoms with Crippen molar-refractivity contribution in [3.63, 3.8) is 0 Å². The van der Waals surface area contributed by atoms with Gasteiger partial charge in [-0.1, -0.05) is 17.3 Å². The van der Waals surface area contributed by atoms with Crippen molar-refractivity contribution >= 4 is 16.6 Å². The zero-order valence-corrected chi connectivity index (χ0v) is 11.4. The van der Waals surface area contributed by atoms with E-state index in [-0.39, 0.29) is 5.56 Å². The van der Waals surface area contributed by atoms with Gasteiger partial charge in [0.25, 0.3) is 5.56 Å². The van der Waals surface area contributed by atoms with E-state index in [2.05, 4.69) is 15.1 Å². The number of para-hydroxylation sites is 1. The highest BCUT2D eigenvalue weighted by Gasteiger charge is 2.18. The first kappa shape index (κ1) is 11.8. The molecule has 0 aliphatic carbocycles. The molecule has 0 spiro atoms. The Kier molecular flexibility index (Phi) is 2.26. The van der Waals surface area contributed by atoms with E-state index in [1.807, 2.05) is 22.6 Å². The van der Waals surface area contributed by atoms with E-state index in [1.165, 1.54) is 0 Å². The first-order valence-electron chi connectivity index (χ1n) is 6.42. The van der Waals surface area contributed by atoms with Gasteiger partial charge >= 0.3 is 0 Å². The number of rotatable bonds is 1. The Labute approximate surface area is 118 Å². The van der Waals surface area contributed by atoms with Gasteiger partial charge in [0, 0.05) is 14.0 Å². The number of benzene rings is 1. The van der Waals surface area contributed by atoms with Gasteiger partial charge in [-0.05, 0) is 12.1 Å². The topological polar surface area (TPSA) is 78.2 Å². The Morgan fingerprint density at radius 1 is 1.24 bits per heavy atom. The average molecular weight is 281 g/mol. The van der Waals surface area contributed by atoms with Crippen LogP contribution in [0.1, 0.15) is 5.89 Å². The molecule has 0 radical (unpaired) electrons. The van der Waals surface area contributed by atoms with Crippen molar-refractivity contribution in [2.75, 3.05) is 0 Å². The first-order chi connectivity index (χ1) is 10.2. The molecule has 0 N–H and O–H groups in total. The van der Waals surface area contributed by atoms with Crippen molar-refractivity contribution in [3.05, 3.63) is 46.8 Å². The number of imidazole rings is 1. The van der Waals surface area contributed by atoms with Gasteiger partial charge in [0.15, 0.2) is 11.3 Å². The molecule has 7 heteroatoms. The highest BCUT2D eigenvalue weighted by Crippen LogP contribution is 2.22. The molecule has 3 aromatic heterocycles. The van der Waals surface area contributed by atoms with Crippen LogP contribution in [0.4, 0.5) is 0 Å². The molecular weight excluding hydrogens is 270 g/mol. The Hall–Kier alpha value is -2.96. The molecule has 0 unspecified atom stereocenters. The predicted molar refractivity (Wildman–Crippen MR) is 76.0 cm³/mol. The van der Waals surface area contributed by atoms with Crippen LogP contribution in [0.15, 0.2) is 39.9 Å². The second-order valence-corrected chi connectivity index (χ2v) is 4.81.